The molecular weight excluding hydrogens is 324 g/mol. The second-order valence-electron chi connectivity index (χ2n) is 4.75. The fourth-order valence-electron chi connectivity index (χ4n) is 2.20. The summed E-state index contributed by atoms with van der Waals surface area (Å²) in [5.74, 6) is -0.415. The van der Waals surface area contributed by atoms with Crippen LogP contribution in [0.25, 0.3) is 0 Å². The molecule has 0 aliphatic carbocycles. The van der Waals surface area contributed by atoms with E-state index in [1.165, 1.54) is 0 Å². The zero-order valence-corrected chi connectivity index (χ0v) is 13.9. The van der Waals surface area contributed by atoms with Crippen LogP contribution >= 0.6 is 23.8 Å². The highest BCUT2D eigenvalue weighted by atomic mass is 35.5. The third-order valence-corrected chi connectivity index (χ3v) is 3.65. The molecule has 2 rings (SSSR count). The van der Waals surface area contributed by atoms with Crippen molar-refractivity contribution in [2.45, 2.75) is 13.0 Å². The Kier molecular flexibility index (Phi) is 5.76. The Bertz CT molecular complexity index is 619. The average molecular weight is 341 g/mol. The van der Waals surface area contributed by atoms with E-state index >= 15 is 0 Å². The van der Waals surface area contributed by atoms with E-state index in [0.717, 1.165) is 5.56 Å². The lowest BCUT2D eigenvalue weighted by Crippen LogP contribution is -2.45. The van der Waals surface area contributed by atoms with Gasteiger partial charge in [-0.3, -0.25) is 0 Å². The molecule has 0 bridgehead atoms. The topological polar surface area (TPSA) is 59.6 Å². The van der Waals surface area contributed by atoms with Gasteiger partial charge in [0.25, 0.3) is 0 Å². The van der Waals surface area contributed by atoms with Crippen molar-refractivity contribution >= 4 is 34.9 Å². The number of carbonyl (C=O) groups excluding carboxylic acids is 1. The molecule has 1 aromatic rings. The number of thiocarbonyl (C=S) groups is 1. The standard InChI is InChI=1S/C15H17ClN2O3S/c1-9-12(14(19)21-7-6-20-2)13(18-15(22)17-9)10-4-3-5-11(16)8-10/h3-5,8,13H,6-7H2,1-2H3,(H2,17,18,22)/t13-/m0/s1. The van der Waals surface area contributed by atoms with Crippen LogP contribution in [-0.4, -0.2) is 31.4 Å². The molecule has 0 radical (unpaired) electrons. The highest BCUT2D eigenvalue weighted by molar-refractivity contribution is 7.80. The van der Waals surface area contributed by atoms with Crippen molar-refractivity contribution in [3.8, 4) is 0 Å². The third kappa shape index (κ3) is 3.97. The van der Waals surface area contributed by atoms with Crippen LogP contribution in [0.2, 0.25) is 5.02 Å². The van der Waals surface area contributed by atoms with Gasteiger partial charge in [0.05, 0.1) is 18.2 Å². The first-order valence-corrected chi connectivity index (χ1v) is 7.51. The van der Waals surface area contributed by atoms with Gasteiger partial charge < -0.3 is 20.1 Å². The van der Waals surface area contributed by atoms with Crippen LogP contribution in [0.5, 0.6) is 0 Å². The molecule has 0 unspecified atom stereocenters. The maximum atomic E-state index is 12.4. The molecule has 0 spiro atoms. The fraction of sp³-hybridized carbons (Fsp3) is 0.333. The first kappa shape index (κ1) is 16.7. The summed E-state index contributed by atoms with van der Waals surface area (Å²) in [6, 6.07) is 6.88. The van der Waals surface area contributed by atoms with Crippen LogP contribution < -0.4 is 10.6 Å². The lowest BCUT2D eigenvalue weighted by atomic mass is 9.96. The molecule has 0 fully saturated rings. The summed E-state index contributed by atoms with van der Waals surface area (Å²) in [5.41, 5.74) is 1.98. The Balaban J connectivity index is 2.30. The predicted molar refractivity (Wildman–Crippen MR) is 88.6 cm³/mol. The van der Waals surface area contributed by atoms with E-state index in [4.69, 9.17) is 33.3 Å². The number of carbonyl (C=O) groups is 1. The number of allylic oxidation sites excluding steroid dienone is 1. The number of hydrogen-bond acceptors (Lipinski definition) is 4. The van der Waals surface area contributed by atoms with Gasteiger partial charge in [-0.2, -0.15) is 0 Å². The summed E-state index contributed by atoms with van der Waals surface area (Å²) in [6.45, 7) is 2.33. The summed E-state index contributed by atoms with van der Waals surface area (Å²) in [7, 11) is 1.55. The third-order valence-electron chi connectivity index (χ3n) is 3.19. The second-order valence-corrected chi connectivity index (χ2v) is 5.60. The van der Waals surface area contributed by atoms with Gasteiger partial charge in [-0.1, -0.05) is 23.7 Å². The Morgan fingerprint density at radius 1 is 1.41 bits per heavy atom. The fourth-order valence-corrected chi connectivity index (χ4v) is 2.67. The van der Waals surface area contributed by atoms with Crippen LogP contribution in [0.1, 0.15) is 18.5 Å². The number of nitrogens with one attached hydrogen (secondary N) is 2. The van der Waals surface area contributed by atoms with Gasteiger partial charge in [0.1, 0.15) is 6.61 Å². The van der Waals surface area contributed by atoms with E-state index in [9.17, 15) is 4.79 Å². The van der Waals surface area contributed by atoms with Gasteiger partial charge in [0, 0.05) is 17.8 Å². The molecule has 7 heteroatoms. The van der Waals surface area contributed by atoms with E-state index in [2.05, 4.69) is 10.6 Å². The molecule has 0 aromatic heterocycles. The second kappa shape index (κ2) is 7.58. The predicted octanol–water partition coefficient (Wildman–Crippen LogP) is 2.32. The van der Waals surface area contributed by atoms with Crippen molar-refractivity contribution in [2.75, 3.05) is 20.3 Å². The van der Waals surface area contributed by atoms with Crippen molar-refractivity contribution in [1.82, 2.24) is 10.6 Å². The van der Waals surface area contributed by atoms with E-state index in [-0.39, 0.29) is 6.61 Å². The molecule has 1 aliphatic heterocycles. The average Bonchev–Trinajstić information content (AvgIpc) is 2.46. The zero-order valence-electron chi connectivity index (χ0n) is 12.3. The van der Waals surface area contributed by atoms with Crippen molar-refractivity contribution in [1.29, 1.82) is 0 Å². The van der Waals surface area contributed by atoms with Gasteiger partial charge in [-0.05, 0) is 36.8 Å². The molecule has 1 aromatic carbocycles. The molecule has 0 saturated heterocycles. The summed E-state index contributed by atoms with van der Waals surface area (Å²) < 4.78 is 10.1. The molecule has 1 aliphatic rings. The first-order valence-electron chi connectivity index (χ1n) is 6.72. The molecule has 1 atom stereocenters. The summed E-state index contributed by atoms with van der Waals surface area (Å²) in [4.78, 5) is 12.4. The van der Waals surface area contributed by atoms with Crippen molar-refractivity contribution < 1.29 is 14.3 Å². The Morgan fingerprint density at radius 2 is 2.18 bits per heavy atom. The zero-order chi connectivity index (χ0) is 16.1. The minimum Gasteiger partial charge on any atom is -0.460 e. The summed E-state index contributed by atoms with van der Waals surface area (Å²) in [5, 5.41) is 7.08. The molecule has 118 valence electrons. The molecule has 2 N–H and O–H groups in total. The molecule has 22 heavy (non-hydrogen) atoms. The van der Waals surface area contributed by atoms with Crippen LogP contribution in [0.3, 0.4) is 0 Å². The molecular formula is C15H17ClN2O3S. The smallest absolute Gasteiger partial charge is 0.338 e. The number of hydrogen-bond donors (Lipinski definition) is 2. The van der Waals surface area contributed by atoms with Gasteiger partial charge in [0.2, 0.25) is 0 Å². The summed E-state index contributed by atoms with van der Waals surface area (Å²) >= 11 is 11.2. The minimum absolute atomic E-state index is 0.193. The Labute approximate surface area is 139 Å². The van der Waals surface area contributed by atoms with E-state index in [0.29, 0.717) is 28.0 Å². The largest absolute Gasteiger partial charge is 0.460 e. The van der Waals surface area contributed by atoms with Crippen molar-refractivity contribution in [3.05, 3.63) is 46.1 Å². The molecule has 1 heterocycles. The molecule has 5 nitrogen and oxygen atoms in total. The SMILES string of the molecule is COCCOC(=O)C1=C(C)NC(=S)N[C@H]1c1cccc(Cl)c1. The normalized spacial score (nSPS) is 17.8. The highest BCUT2D eigenvalue weighted by Gasteiger charge is 2.30. The lowest BCUT2D eigenvalue weighted by molar-refractivity contribution is -0.140. The van der Waals surface area contributed by atoms with Gasteiger partial charge >= 0.3 is 5.97 Å². The van der Waals surface area contributed by atoms with Crippen LogP contribution in [-0.2, 0) is 14.3 Å². The van der Waals surface area contributed by atoms with E-state index in [1.54, 1.807) is 26.2 Å². The monoisotopic (exact) mass is 340 g/mol. The summed E-state index contributed by atoms with van der Waals surface area (Å²) in [6.07, 6.45) is 0. The number of rotatable bonds is 5. The van der Waals surface area contributed by atoms with Gasteiger partial charge in [-0.25, -0.2) is 4.79 Å². The minimum atomic E-state index is -0.415. The lowest BCUT2D eigenvalue weighted by Gasteiger charge is -2.30. The van der Waals surface area contributed by atoms with Gasteiger partial charge in [-0.15, -0.1) is 0 Å². The first-order chi connectivity index (χ1) is 10.5. The van der Waals surface area contributed by atoms with Crippen molar-refractivity contribution in [2.24, 2.45) is 0 Å². The quantitative estimate of drug-likeness (QED) is 0.487. The number of ether oxygens (including phenoxy) is 2. The maximum Gasteiger partial charge on any atom is 0.338 e. The maximum absolute atomic E-state index is 12.4. The number of halogens is 1. The number of esters is 1. The van der Waals surface area contributed by atoms with Crippen LogP contribution in [0.15, 0.2) is 35.5 Å². The Hall–Kier alpha value is -1.63. The van der Waals surface area contributed by atoms with Crippen LogP contribution in [0.4, 0.5) is 0 Å². The van der Waals surface area contributed by atoms with E-state index in [1.807, 2.05) is 12.1 Å². The van der Waals surface area contributed by atoms with Crippen molar-refractivity contribution in [3.63, 3.8) is 0 Å². The molecule has 0 saturated carbocycles. The molecule has 0 amide bonds. The number of methoxy groups -OCH3 is 1. The van der Waals surface area contributed by atoms with Crippen LogP contribution in [0, 0.1) is 0 Å². The highest BCUT2D eigenvalue weighted by Crippen LogP contribution is 2.29. The number of benzene rings is 1. The van der Waals surface area contributed by atoms with E-state index < -0.39 is 12.0 Å². The van der Waals surface area contributed by atoms with Gasteiger partial charge in [0.15, 0.2) is 5.11 Å². The Morgan fingerprint density at radius 3 is 2.86 bits per heavy atom.